The third kappa shape index (κ3) is 4.66. The first-order valence-electron chi connectivity index (χ1n) is 7.61. The van der Waals surface area contributed by atoms with Gasteiger partial charge in [0.15, 0.2) is 0 Å². The molecule has 1 aromatic carbocycles. The first-order valence-corrected chi connectivity index (χ1v) is 9.09. The lowest BCUT2D eigenvalue weighted by Gasteiger charge is -2.13. The fourth-order valence-corrected chi connectivity index (χ4v) is 3.32. The van der Waals surface area contributed by atoms with E-state index >= 15 is 0 Å². The zero-order valence-corrected chi connectivity index (χ0v) is 15.3. The normalized spacial score (nSPS) is 11.0. The molecule has 0 aliphatic rings. The van der Waals surface area contributed by atoms with Gasteiger partial charge in [0, 0.05) is 12.6 Å². The number of benzene rings is 1. The molecule has 0 radical (unpaired) electrons. The predicted molar refractivity (Wildman–Crippen MR) is 94.2 cm³/mol. The van der Waals surface area contributed by atoms with Gasteiger partial charge in [-0.1, -0.05) is 0 Å². The Morgan fingerprint density at radius 2 is 1.68 bits per heavy atom. The van der Waals surface area contributed by atoms with Crippen LogP contribution < -0.4 is 14.8 Å². The van der Waals surface area contributed by atoms with E-state index in [-0.39, 0.29) is 16.8 Å². The number of hydrogen-bond acceptors (Lipinski definition) is 6. The van der Waals surface area contributed by atoms with Crippen LogP contribution in [-0.2, 0) is 14.8 Å². The molecule has 0 bridgehead atoms. The molecular weight excluding hydrogens is 344 g/mol. The predicted octanol–water partition coefficient (Wildman–Crippen LogP) is 2.25. The van der Waals surface area contributed by atoms with Crippen molar-refractivity contribution in [2.24, 2.45) is 0 Å². The number of anilines is 2. The van der Waals surface area contributed by atoms with E-state index in [1.165, 1.54) is 31.2 Å². The van der Waals surface area contributed by atoms with Crippen molar-refractivity contribution < 1.29 is 17.9 Å². The van der Waals surface area contributed by atoms with E-state index in [9.17, 15) is 13.2 Å². The maximum Gasteiger partial charge on any atom is 0.316 e. The number of sulfonamides is 1. The number of rotatable bonds is 6. The molecule has 1 heterocycles. The minimum atomic E-state index is -3.81. The molecule has 0 saturated heterocycles. The van der Waals surface area contributed by atoms with Gasteiger partial charge >= 0.3 is 6.01 Å². The number of carbonyl (C=O) groups is 1. The van der Waals surface area contributed by atoms with Gasteiger partial charge in [-0.3, -0.25) is 9.52 Å². The van der Waals surface area contributed by atoms with Crippen molar-refractivity contribution >= 4 is 27.3 Å². The molecule has 0 fully saturated rings. The van der Waals surface area contributed by atoms with Crippen molar-refractivity contribution in [1.82, 2.24) is 9.97 Å². The Bertz CT molecular complexity index is 857. The van der Waals surface area contributed by atoms with Gasteiger partial charge in [-0.25, -0.2) is 8.42 Å². The van der Waals surface area contributed by atoms with Crippen LogP contribution in [-0.4, -0.2) is 30.9 Å². The van der Waals surface area contributed by atoms with Crippen molar-refractivity contribution in [2.45, 2.75) is 32.6 Å². The summed E-state index contributed by atoms with van der Waals surface area (Å²) in [5.74, 6) is -0.230. The third-order valence-electron chi connectivity index (χ3n) is 3.25. The summed E-state index contributed by atoms with van der Waals surface area (Å²) in [6, 6.07) is 6.07. The van der Waals surface area contributed by atoms with Crippen LogP contribution in [0.2, 0.25) is 0 Å². The minimum absolute atomic E-state index is 0.0642. The Morgan fingerprint density at radius 3 is 2.16 bits per heavy atom. The number of carbonyl (C=O) groups excluding carboxylic acids is 1. The average molecular weight is 364 g/mol. The van der Waals surface area contributed by atoms with Gasteiger partial charge in [0.05, 0.1) is 28.6 Å². The smallest absolute Gasteiger partial charge is 0.316 e. The van der Waals surface area contributed by atoms with Gasteiger partial charge < -0.3 is 10.1 Å². The lowest BCUT2D eigenvalue weighted by molar-refractivity contribution is -0.114. The van der Waals surface area contributed by atoms with Gasteiger partial charge in [-0.05, 0) is 45.0 Å². The zero-order valence-electron chi connectivity index (χ0n) is 14.5. The fourth-order valence-electron chi connectivity index (χ4n) is 2.14. The molecule has 2 N–H and O–H groups in total. The molecule has 1 amide bonds. The molecule has 0 unspecified atom stereocenters. The van der Waals surface area contributed by atoms with Crippen LogP contribution in [0.3, 0.4) is 0 Å². The second-order valence-corrected chi connectivity index (χ2v) is 6.98. The van der Waals surface area contributed by atoms with Crippen molar-refractivity contribution in [2.75, 3.05) is 16.6 Å². The summed E-state index contributed by atoms with van der Waals surface area (Å²) in [4.78, 5) is 19.4. The summed E-state index contributed by atoms with van der Waals surface area (Å²) in [6.07, 6.45) is 0. The van der Waals surface area contributed by atoms with E-state index in [2.05, 4.69) is 20.0 Å². The number of nitrogens with one attached hydrogen (secondary N) is 2. The van der Waals surface area contributed by atoms with Crippen molar-refractivity contribution in [1.29, 1.82) is 0 Å². The number of ether oxygens (including phenoxy) is 1. The topological polar surface area (TPSA) is 110 Å². The maximum absolute atomic E-state index is 12.6. The summed E-state index contributed by atoms with van der Waals surface area (Å²) >= 11 is 0. The van der Waals surface area contributed by atoms with Gasteiger partial charge in [0.1, 0.15) is 0 Å². The largest absolute Gasteiger partial charge is 0.464 e. The van der Waals surface area contributed by atoms with Crippen molar-refractivity contribution in [3.63, 3.8) is 0 Å². The summed E-state index contributed by atoms with van der Waals surface area (Å²) in [6.45, 7) is 6.97. The molecule has 0 aliphatic carbocycles. The first-order chi connectivity index (χ1) is 11.7. The standard InChI is InChI=1S/C16H20N4O4S/c1-5-24-16-17-10(2)15(11(3)18-16)20-25(22,23)14-8-6-13(7-9-14)19-12(4)21/h6-9,20H,5H2,1-4H3,(H,19,21). The highest BCUT2D eigenvalue weighted by Crippen LogP contribution is 2.24. The van der Waals surface area contributed by atoms with Gasteiger partial charge in [-0.15, -0.1) is 0 Å². The van der Waals surface area contributed by atoms with Gasteiger partial charge in [0.2, 0.25) is 5.91 Å². The SMILES string of the molecule is CCOc1nc(C)c(NS(=O)(=O)c2ccc(NC(C)=O)cc2)c(C)n1. The molecule has 8 nitrogen and oxygen atoms in total. The van der Waals surface area contributed by atoms with Crippen molar-refractivity contribution in [3.05, 3.63) is 35.7 Å². The van der Waals surface area contributed by atoms with E-state index in [0.717, 1.165) is 0 Å². The Labute approximate surface area is 146 Å². The van der Waals surface area contributed by atoms with Gasteiger partial charge in [0.25, 0.3) is 10.0 Å². The highest BCUT2D eigenvalue weighted by molar-refractivity contribution is 7.92. The zero-order chi connectivity index (χ0) is 18.6. The third-order valence-corrected chi connectivity index (χ3v) is 4.61. The summed E-state index contributed by atoms with van der Waals surface area (Å²) < 4.78 is 32.9. The second kappa shape index (κ2) is 7.47. The quantitative estimate of drug-likeness (QED) is 0.813. The number of aromatic nitrogens is 2. The van der Waals surface area contributed by atoms with Crippen LogP contribution in [0, 0.1) is 13.8 Å². The molecule has 2 aromatic rings. The highest BCUT2D eigenvalue weighted by Gasteiger charge is 2.19. The summed E-state index contributed by atoms with van der Waals surface area (Å²) in [7, 11) is -3.81. The molecule has 0 aliphatic heterocycles. The maximum atomic E-state index is 12.6. The molecule has 134 valence electrons. The van der Waals surface area contributed by atoms with Crippen LogP contribution in [0.5, 0.6) is 6.01 Å². The van der Waals surface area contributed by atoms with Crippen molar-refractivity contribution in [3.8, 4) is 6.01 Å². The van der Waals surface area contributed by atoms with E-state index in [1.807, 2.05) is 6.92 Å². The van der Waals surface area contributed by atoms with E-state index < -0.39 is 10.0 Å². The van der Waals surface area contributed by atoms with Crippen LogP contribution in [0.25, 0.3) is 0 Å². The monoisotopic (exact) mass is 364 g/mol. The molecule has 2 rings (SSSR count). The van der Waals surface area contributed by atoms with E-state index in [4.69, 9.17) is 4.74 Å². The average Bonchev–Trinajstić information content (AvgIpc) is 2.51. The van der Waals surface area contributed by atoms with E-state index in [1.54, 1.807) is 13.8 Å². The Kier molecular flexibility index (Phi) is 5.58. The number of aryl methyl sites for hydroxylation is 2. The highest BCUT2D eigenvalue weighted by atomic mass is 32.2. The van der Waals surface area contributed by atoms with Crippen LogP contribution in [0.1, 0.15) is 25.2 Å². The van der Waals surface area contributed by atoms with Gasteiger partial charge in [-0.2, -0.15) is 9.97 Å². The summed E-state index contributed by atoms with van der Waals surface area (Å²) in [5, 5.41) is 2.58. The Hall–Kier alpha value is -2.68. The summed E-state index contributed by atoms with van der Waals surface area (Å²) in [5.41, 5.74) is 1.77. The number of hydrogen-bond donors (Lipinski definition) is 2. The van der Waals surface area contributed by atoms with E-state index in [0.29, 0.717) is 29.4 Å². The molecule has 0 spiro atoms. The van der Waals surface area contributed by atoms with Crippen LogP contribution in [0.4, 0.5) is 11.4 Å². The van der Waals surface area contributed by atoms with Crippen LogP contribution >= 0.6 is 0 Å². The molecule has 0 saturated carbocycles. The molecule has 1 aromatic heterocycles. The molecule has 0 atom stereocenters. The Morgan fingerprint density at radius 1 is 1.12 bits per heavy atom. The Balaban J connectivity index is 2.28. The number of nitrogens with zero attached hydrogens (tertiary/aromatic N) is 2. The second-order valence-electron chi connectivity index (χ2n) is 5.30. The molecule has 25 heavy (non-hydrogen) atoms. The molecular formula is C16H20N4O4S. The molecule has 9 heteroatoms. The minimum Gasteiger partial charge on any atom is -0.464 e. The first kappa shape index (κ1) is 18.7. The van der Waals surface area contributed by atoms with Crippen LogP contribution in [0.15, 0.2) is 29.2 Å². The lowest BCUT2D eigenvalue weighted by atomic mass is 10.3. The fraction of sp³-hybridized carbons (Fsp3) is 0.312. The number of amides is 1. The lowest BCUT2D eigenvalue weighted by Crippen LogP contribution is -2.16.